The van der Waals surface area contributed by atoms with Crippen molar-refractivity contribution >= 4 is 12.0 Å². The number of hydrogen-bond acceptors (Lipinski definition) is 4. The van der Waals surface area contributed by atoms with Crippen LogP contribution in [0.25, 0.3) is 0 Å². The van der Waals surface area contributed by atoms with Crippen molar-refractivity contribution in [2.24, 2.45) is 11.8 Å². The lowest BCUT2D eigenvalue weighted by molar-refractivity contribution is -0.137. The van der Waals surface area contributed by atoms with E-state index < -0.39 is 29.5 Å². The third-order valence-electron chi connectivity index (χ3n) is 6.93. The Morgan fingerprint density at radius 2 is 1.91 bits per heavy atom. The molecule has 0 radical (unpaired) electrons. The number of nitrogens with one attached hydrogen (secondary N) is 1. The second-order valence-corrected chi connectivity index (χ2v) is 10.9. The molecular formula is C26H38F3N3O3. The van der Waals surface area contributed by atoms with Crippen LogP contribution in [0, 0.1) is 11.8 Å². The maximum atomic E-state index is 13.2. The largest absolute Gasteiger partial charge is 0.444 e. The monoisotopic (exact) mass is 497 g/mol. The summed E-state index contributed by atoms with van der Waals surface area (Å²) in [6, 6.07) is 4.86. The summed E-state index contributed by atoms with van der Waals surface area (Å²) in [4.78, 5) is 29.3. The van der Waals surface area contributed by atoms with Gasteiger partial charge in [-0.05, 0) is 63.5 Å². The lowest BCUT2D eigenvalue weighted by atomic mass is 9.97. The quantitative estimate of drug-likeness (QED) is 0.572. The van der Waals surface area contributed by atoms with Crippen LogP contribution in [0.5, 0.6) is 0 Å². The van der Waals surface area contributed by atoms with Crippen molar-refractivity contribution in [1.82, 2.24) is 15.1 Å². The molecule has 0 bridgehead atoms. The zero-order valence-corrected chi connectivity index (χ0v) is 21.3. The van der Waals surface area contributed by atoms with Crippen LogP contribution in [0.4, 0.5) is 18.0 Å². The molecule has 1 aliphatic carbocycles. The third kappa shape index (κ3) is 7.12. The Hall–Kier alpha value is -2.29. The molecule has 1 unspecified atom stereocenters. The molecule has 1 saturated heterocycles. The molecule has 196 valence electrons. The molecule has 1 N–H and O–H groups in total. The van der Waals surface area contributed by atoms with Crippen molar-refractivity contribution in [3.63, 3.8) is 0 Å². The molecule has 35 heavy (non-hydrogen) atoms. The number of fused-ring (bicyclic) bond motifs is 1. The van der Waals surface area contributed by atoms with Crippen LogP contribution in [-0.4, -0.2) is 59.6 Å². The number of likely N-dealkylation sites (tertiary alicyclic amines) is 1. The molecule has 6 nitrogen and oxygen atoms in total. The maximum Gasteiger partial charge on any atom is 0.416 e. The van der Waals surface area contributed by atoms with Crippen LogP contribution < -0.4 is 5.32 Å². The number of alkyl halides is 3. The Kier molecular flexibility index (Phi) is 8.40. The van der Waals surface area contributed by atoms with Gasteiger partial charge in [0.2, 0.25) is 5.91 Å². The fourth-order valence-electron chi connectivity index (χ4n) is 5.28. The summed E-state index contributed by atoms with van der Waals surface area (Å²) in [5, 5.41) is 3.18. The Balaban J connectivity index is 1.61. The molecule has 0 spiro atoms. The third-order valence-corrected chi connectivity index (χ3v) is 6.93. The minimum absolute atomic E-state index is 0.00889. The molecule has 2 fully saturated rings. The Bertz CT molecular complexity index is 900. The van der Waals surface area contributed by atoms with Gasteiger partial charge in [-0.2, -0.15) is 13.2 Å². The minimum atomic E-state index is -4.35. The molecule has 1 aliphatic heterocycles. The fraction of sp³-hybridized carbons (Fsp3) is 0.692. The minimum Gasteiger partial charge on any atom is -0.444 e. The number of rotatable bonds is 7. The predicted octanol–water partition coefficient (Wildman–Crippen LogP) is 5.07. The molecule has 1 aromatic rings. The molecule has 0 aromatic heterocycles. The number of carbonyl (C=O) groups excluding carboxylic acids is 2. The van der Waals surface area contributed by atoms with Crippen LogP contribution in [0.15, 0.2) is 24.3 Å². The highest BCUT2D eigenvalue weighted by atomic mass is 19.4. The summed E-state index contributed by atoms with van der Waals surface area (Å²) in [6.45, 7) is 9.33. The van der Waals surface area contributed by atoms with Gasteiger partial charge in [0.25, 0.3) is 0 Å². The fourth-order valence-corrected chi connectivity index (χ4v) is 5.28. The maximum absolute atomic E-state index is 13.2. The average molecular weight is 498 g/mol. The van der Waals surface area contributed by atoms with Gasteiger partial charge < -0.3 is 10.1 Å². The summed E-state index contributed by atoms with van der Waals surface area (Å²) in [5.74, 6) is 0.473. The smallest absolute Gasteiger partial charge is 0.416 e. The number of ether oxygens (including phenoxy) is 1. The molecule has 1 aromatic carbocycles. The Labute approximate surface area is 206 Å². The molecule has 2 aliphatic rings. The van der Waals surface area contributed by atoms with E-state index >= 15 is 0 Å². The van der Waals surface area contributed by atoms with E-state index in [1.54, 1.807) is 33.9 Å². The molecule has 1 heterocycles. The number of likely N-dealkylation sites (N-methyl/N-ethyl adjacent to an activating group) is 1. The van der Waals surface area contributed by atoms with E-state index in [0.717, 1.165) is 38.4 Å². The Morgan fingerprint density at radius 3 is 2.54 bits per heavy atom. The van der Waals surface area contributed by atoms with Crippen molar-refractivity contribution in [1.29, 1.82) is 0 Å². The summed E-state index contributed by atoms with van der Waals surface area (Å²) in [5.41, 5.74) is -0.637. The van der Waals surface area contributed by atoms with Crippen molar-refractivity contribution in [3.05, 3.63) is 35.4 Å². The van der Waals surface area contributed by atoms with Crippen LogP contribution in [0.2, 0.25) is 0 Å². The van der Waals surface area contributed by atoms with Crippen molar-refractivity contribution < 1.29 is 27.5 Å². The van der Waals surface area contributed by atoms with E-state index in [1.165, 1.54) is 17.0 Å². The number of amides is 2. The lowest BCUT2D eigenvalue weighted by Gasteiger charge is -2.31. The molecule has 9 heteroatoms. The number of benzene rings is 1. The van der Waals surface area contributed by atoms with Gasteiger partial charge in [0.15, 0.2) is 0 Å². The first-order valence-corrected chi connectivity index (χ1v) is 12.4. The van der Waals surface area contributed by atoms with Crippen LogP contribution in [-0.2, 0) is 22.3 Å². The van der Waals surface area contributed by atoms with Gasteiger partial charge in [-0.25, -0.2) is 4.79 Å². The van der Waals surface area contributed by atoms with Crippen LogP contribution in [0.3, 0.4) is 0 Å². The van der Waals surface area contributed by atoms with Crippen molar-refractivity contribution in [3.8, 4) is 0 Å². The highest BCUT2D eigenvalue weighted by molar-refractivity contribution is 5.85. The van der Waals surface area contributed by atoms with E-state index in [-0.39, 0.29) is 17.9 Å². The van der Waals surface area contributed by atoms with Crippen LogP contribution >= 0.6 is 0 Å². The number of hydrogen-bond donors (Lipinski definition) is 1. The van der Waals surface area contributed by atoms with Crippen LogP contribution in [0.1, 0.15) is 64.5 Å². The first kappa shape index (κ1) is 27.3. The SMILES string of the molecule is CCCC(C(=O)N[C@H]1CC[C@@H]2CN(Cc3cccc(C(F)(F)F)c3)C[C@@H]21)N(C)C(=O)OC(C)(C)C. The number of nitrogens with zero attached hydrogens (tertiary/aromatic N) is 2. The Morgan fingerprint density at radius 1 is 1.20 bits per heavy atom. The van der Waals surface area contributed by atoms with E-state index in [9.17, 15) is 22.8 Å². The van der Waals surface area contributed by atoms with Gasteiger partial charge in [0.05, 0.1) is 5.56 Å². The second kappa shape index (κ2) is 10.8. The second-order valence-electron chi connectivity index (χ2n) is 10.9. The van der Waals surface area contributed by atoms with Crippen molar-refractivity contribution in [2.45, 2.75) is 83.8 Å². The van der Waals surface area contributed by atoms with Gasteiger partial charge in [-0.15, -0.1) is 0 Å². The molecule has 2 amide bonds. The molecular weight excluding hydrogens is 459 g/mol. The summed E-state index contributed by atoms with van der Waals surface area (Å²) >= 11 is 0. The molecule has 3 rings (SSSR count). The number of carbonyl (C=O) groups is 2. The van der Waals surface area contributed by atoms with Gasteiger partial charge in [0.1, 0.15) is 11.6 Å². The first-order valence-electron chi connectivity index (χ1n) is 12.4. The standard InChI is InChI=1S/C26H38F3N3O3/c1-6-8-22(31(5)24(34)35-25(2,3)4)23(33)30-21-12-11-18-15-32(16-20(18)21)14-17-9-7-10-19(13-17)26(27,28)29/h7,9-10,13,18,20-22H,6,8,11-12,14-16H2,1-5H3,(H,30,33)/t18-,20+,21+,22?/m1/s1. The van der Waals surface area contributed by atoms with Gasteiger partial charge in [-0.3, -0.25) is 14.6 Å². The molecule has 4 atom stereocenters. The van der Waals surface area contributed by atoms with E-state index in [4.69, 9.17) is 4.74 Å². The van der Waals surface area contributed by atoms with E-state index in [0.29, 0.717) is 24.4 Å². The normalized spacial score (nSPS) is 23.6. The summed E-state index contributed by atoms with van der Waals surface area (Å²) in [7, 11) is 1.60. The highest BCUT2D eigenvalue weighted by Crippen LogP contribution is 2.39. The van der Waals surface area contributed by atoms with Gasteiger partial charge >= 0.3 is 12.3 Å². The lowest BCUT2D eigenvalue weighted by Crippen LogP contribution is -2.52. The highest BCUT2D eigenvalue weighted by Gasteiger charge is 2.44. The van der Waals surface area contributed by atoms with Crippen molar-refractivity contribution in [2.75, 3.05) is 20.1 Å². The van der Waals surface area contributed by atoms with Gasteiger partial charge in [-0.1, -0.05) is 31.5 Å². The predicted molar refractivity (Wildman–Crippen MR) is 128 cm³/mol. The first-order chi connectivity index (χ1) is 16.3. The summed E-state index contributed by atoms with van der Waals surface area (Å²) in [6.07, 6.45) is -1.77. The van der Waals surface area contributed by atoms with E-state index in [1.807, 2.05) is 6.92 Å². The average Bonchev–Trinajstić information content (AvgIpc) is 3.30. The molecule has 1 saturated carbocycles. The zero-order valence-electron chi connectivity index (χ0n) is 21.3. The van der Waals surface area contributed by atoms with Gasteiger partial charge in [0, 0.05) is 32.7 Å². The zero-order chi connectivity index (χ0) is 26.0. The summed E-state index contributed by atoms with van der Waals surface area (Å²) < 4.78 is 44.6. The topological polar surface area (TPSA) is 61.9 Å². The number of halogens is 3. The van der Waals surface area contributed by atoms with E-state index in [2.05, 4.69) is 10.2 Å².